The third-order valence-corrected chi connectivity index (χ3v) is 7.58. The standard InChI is InChI=1S/C24H25N7OS2/c32-23(26-12-15-30-13-4-5-14-30)20-16-33-21(27-20)17-34-24-29-28-22(18-8-10-25-11-9-18)31(24)19-6-2-1-3-7-19/h1-3,6-11,16H,4-5,12-15,17H2,(H,26,32). The molecular formula is C24H25N7OS2. The predicted molar refractivity (Wildman–Crippen MR) is 134 cm³/mol. The molecule has 0 unspecified atom stereocenters. The zero-order valence-electron chi connectivity index (χ0n) is 18.6. The van der Waals surface area contributed by atoms with Crippen LogP contribution < -0.4 is 5.32 Å². The van der Waals surface area contributed by atoms with Crippen molar-refractivity contribution in [3.63, 3.8) is 0 Å². The Morgan fingerprint density at radius 3 is 2.65 bits per heavy atom. The molecule has 1 amide bonds. The van der Waals surface area contributed by atoms with Gasteiger partial charge < -0.3 is 10.2 Å². The zero-order valence-corrected chi connectivity index (χ0v) is 20.3. The summed E-state index contributed by atoms with van der Waals surface area (Å²) < 4.78 is 2.04. The number of nitrogens with zero attached hydrogens (tertiary/aromatic N) is 6. The fourth-order valence-electron chi connectivity index (χ4n) is 3.89. The van der Waals surface area contributed by atoms with E-state index in [4.69, 9.17) is 0 Å². The SMILES string of the molecule is O=C(NCCN1CCCC1)c1csc(CSc2nnc(-c3ccncc3)n2-c2ccccc2)n1. The lowest BCUT2D eigenvalue weighted by molar-refractivity contribution is 0.0945. The summed E-state index contributed by atoms with van der Waals surface area (Å²) in [7, 11) is 0. The second kappa shape index (κ2) is 10.9. The van der Waals surface area contributed by atoms with Crippen LogP contribution in [0.1, 0.15) is 28.3 Å². The number of nitrogens with one attached hydrogen (secondary N) is 1. The van der Waals surface area contributed by atoms with E-state index in [2.05, 4.69) is 30.4 Å². The molecule has 3 aromatic heterocycles. The lowest BCUT2D eigenvalue weighted by Crippen LogP contribution is -2.33. The van der Waals surface area contributed by atoms with Gasteiger partial charge in [-0.25, -0.2) is 4.98 Å². The fourth-order valence-corrected chi connectivity index (χ4v) is 5.64. The summed E-state index contributed by atoms with van der Waals surface area (Å²) in [5.74, 6) is 1.25. The molecule has 0 saturated carbocycles. The number of rotatable bonds is 9. The molecule has 0 spiro atoms. The first kappa shape index (κ1) is 22.7. The maximum Gasteiger partial charge on any atom is 0.270 e. The monoisotopic (exact) mass is 491 g/mol. The van der Waals surface area contributed by atoms with Gasteiger partial charge in [0.05, 0.1) is 5.75 Å². The highest BCUT2D eigenvalue weighted by Gasteiger charge is 2.18. The van der Waals surface area contributed by atoms with Gasteiger partial charge in [0.1, 0.15) is 10.7 Å². The maximum absolute atomic E-state index is 12.5. The summed E-state index contributed by atoms with van der Waals surface area (Å²) in [6, 6.07) is 13.9. The number of pyridine rings is 1. The van der Waals surface area contributed by atoms with Gasteiger partial charge in [-0.1, -0.05) is 30.0 Å². The van der Waals surface area contributed by atoms with Crippen LogP contribution >= 0.6 is 23.1 Å². The van der Waals surface area contributed by atoms with Crippen molar-refractivity contribution in [3.8, 4) is 17.1 Å². The van der Waals surface area contributed by atoms with Crippen LogP contribution in [0.15, 0.2) is 65.4 Å². The van der Waals surface area contributed by atoms with Crippen LogP contribution in [0.25, 0.3) is 17.1 Å². The highest BCUT2D eigenvalue weighted by Crippen LogP contribution is 2.30. The van der Waals surface area contributed by atoms with E-state index >= 15 is 0 Å². The Labute approximate surface area is 206 Å². The molecule has 1 saturated heterocycles. The number of hydrogen-bond acceptors (Lipinski definition) is 8. The molecule has 0 atom stereocenters. The van der Waals surface area contributed by atoms with Crippen molar-refractivity contribution in [3.05, 3.63) is 70.9 Å². The smallest absolute Gasteiger partial charge is 0.270 e. The first-order chi connectivity index (χ1) is 16.8. The minimum atomic E-state index is -0.112. The van der Waals surface area contributed by atoms with Crippen LogP contribution in [0, 0.1) is 0 Å². The van der Waals surface area contributed by atoms with Gasteiger partial charge in [0.15, 0.2) is 11.0 Å². The summed E-state index contributed by atoms with van der Waals surface area (Å²) in [5, 5.41) is 15.4. The van der Waals surface area contributed by atoms with E-state index in [0.717, 1.165) is 46.9 Å². The van der Waals surface area contributed by atoms with Crippen molar-refractivity contribution >= 4 is 29.0 Å². The van der Waals surface area contributed by atoms with Crippen LogP contribution in [0.5, 0.6) is 0 Å². The maximum atomic E-state index is 12.5. The summed E-state index contributed by atoms with van der Waals surface area (Å²) in [5.41, 5.74) is 2.41. The zero-order chi connectivity index (χ0) is 23.2. The van der Waals surface area contributed by atoms with Gasteiger partial charge >= 0.3 is 0 Å². The Morgan fingerprint density at radius 2 is 1.85 bits per heavy atom. The van der Waals surface area contributed by atoms with Crippen LogP contribution in [0.3, 0.4) is 0 Å². The van der Waals surface area contributed by atoms with E-state index in [1.165, 1.54) is 24.2 Å². The van der Waals surface area contributed by atoms with E-state index in [1.54, 1.807) is 24.2 Å². The summed E-state index contributed by atoms with van der Waals surface area (Å²) in [6.07, 6.45) is 6.01. The van der Waals surface area contributed by atoms with Gasteiger partial charge in [-0.05, 0) is 50.2 Å². The molecule has 8 nitrogen and oxygen atoms in total. The molecular weight excluding hydrogens is 466 g/mol. The molecule has 34 heavy (non-hydrogen) atoms. The summed E-state index contributed by atoms with van der Waals surface area (Å²) in [4.78, 5) is 23.5. The number of carbonyl (C=O) groups excluding carboxylic acids is 1. The average Bonchev–Trinajstić information content (AvgIpc) is 3.65. The van der Waals surface area contributed by atoms with Gasteiger partial charge in [-0.15, -0.1) is 21.5 Å². The molecule has 174 valence electrons. The molecule has 1 aromatic carbocycles. The van der Waals surface area contributed by atoms with Crippen LogP contribution in [0.2, 0.25) is 0 Å². The van der Waals surface area contributed by atoms with Crippen molar-refractivity contribution < 1.29 is 4.79 Å². The van der Waals surface area contributed by atoms with Crippen molar-refractivity contribution in [2.24, 2.45) is 0 Å². The highest BCUT2D eigenvalue weighted by molar-refractivity contribution is 7.98. The molecule has 10 heteroatoms. The first-order valence-corrected chi connectivity index (χ1v) is 13.1. The van der Waals surface area contributed by atoms with Crippen molar-refractivity contribution in [2.45, 2.75) is 23.8 Å². The Morgan fingerprint density at radius 1 is 1.06 bits per heavy atom. The molecule has 1 aliphatic heterocycles. The molecule has 0 radical (unpaired) electrons. The number of likely N-dealkylation sites (tertiary alicyclic amines) is 1. The molecule has 5 rings (SSSR count). The molecule has 1 N–H and O–H groups in total. The normalized spacial score (nSPS) is 13.9. The van der Waals surface area contributed by atoms with E-state index in [9.17, 15) is 4.79 Å². The van der Waals surface area contributed by atoms with Gasteiger partial charge in [0, 0.05) is 42.1 Å². The summed E-state index contributed by atoms with van der Waals surface area (Å²) >= 11 is 3.05. The Hall–Kier alpha value is -3.08. The first-order valence-electron chi connectivity index (χ1n) is 11.3. The van der Waals surface area contributed by atoms with Crippen LogP contribution in [0.4, 0.5) is 0 Å². The van der Waals surface area contributed by atoms with E-state index in [1.807, 2.05) is 52.4 Å². The lowest BCUT2D eigenvalue weighted by Gasteiger charge is -2.14. The van der Waals surface area contributed by atoms with Gasteiger partial charge in [0.2, 0.25) is 0 Å². The largest absolute Gasteiger partial charge is 0.349 e. The van der Waals surface area contributed by atoms with E-state index in [0.29, 0.717) is 18.0 Å². The van der Waals surface area contributed by atoms with Gasteiger partial charge in [-0.2, -0.15) is 0 Å². The van der Waals surface area contributed by atoms with Crippen LogP contribution in [-0.2, 0) is 5.75 Å². The van der Waals surface area contributed by atoms with E-state index in [-0.39, 0.29) is 5.91 Å². The molecule has 4 aromatic rings. The highest BCUT2D eigenvalue weighted by atomic mass is 32.2. The number of thioether (sulfide) groups is 1. The van der Waals surface area contributed by atoms with Gasteiger partial charge in [0.25, 0.3) is 5.91 Å². The van der Waals surface area contributed by atoms with Crippen molar-refractivity contribution in [2.75, 3.05) is 26.2 Å². The third kappa shape index (κ3) is 5.35. The number of benzene rings is 1. The second-order valence-electron chi connectivity index (χ2n) is 7.93. The quantitative estimate of drug-likeness (QED) is 0.355. The third-order valence-electron chi connectivity index (χ3n) is 5.61. The summed E-state index contributed by atoms with van der Waals surface area (Å²) in [6.45, 7) is 3.81. The number of para-hydroxylation sites is 1. The second-order valence-corrected chi connectivity index (χ2v) is 9.82. The van der Waals surface area contributed by atoms with E-state index < -0.39 is 0 Å². The molecule has 0 bridgehead atoms. The Balaban J connectivity index is 1.26. The number of carbonyl (C=O) groups is 1. The molecule has 0 aliphatic carbocycles. The lowest BCUT2D eigenvalue weighted by atomic mass is 10.2. The molecule has 4 heterocycles. The van der Waals surface area contributed by atoms with Crippen LogP contribution in [-0.4, -0.2) is 61.7 Å². The molecule has 1 fully saturated rings. The predicted octanol–water partition coefficient (Wildman–Crippen LogP) is 3.90. The molecule has 1 aliphatic rings. The number of aromatic nitrogens is 5. The topological polar surface area (TPSA) is 88.8 Å². The Bertz CT molecular complexity index is 1220. The number of thiazole rings is 1. The number of hydrogen-bond donors (Lipinski definition) is 1. The minimum Gasteiger partial charge on any atom is -0.349 e. The van der Waals surface area contributed by atoms with Crippen molar-refractivity contribution in [1.82, 2.24) is 34.9 Å². The minimum absolute atomic E-state index is 0.112. The number of amides is 1. The average molecular weight is 492 g/mol. The van der Waals surface area contributed by atoms with Gasteiger partial charge in [-0.3, -0.25) is 14.3 Å². The van der Waals surface area contributed by atoms with Crippen molar-refractivity contribution in [1.29, 1.82) is 0 Å². The fraction of sp³-hybridized carbons (Fsp3) is 0.292. The Kier molecular flexibility index (Phi) is 7.28.